The average molecular weight is 493 g/mol. The first-order valence-electron chi connectivity index (χ1n) is 12.5. The highest BCUT2D eigenvalue weighted by molar-refractivity contribution is 6.28. The lowest BCUT2D eigenvalue weighted by Crippen LogP contribution is -2.53. The van der Waals surface area contributed by atoms with Gasteiger partial charge in [-0.3, -0.25) is 24.6 Å². The number of nitrogens with one attached hydrogen (secondary N) is 1. The third-order valence-electron chi connectivity index (χ3n) is 7.61. The van der Waals surface area contributed by atoms with Gasteiger partial charge in [-0.15, -0.1) is 0 Å². The maximum absolute atomic E-state index is 13.4. The number of piperidine rings is 1. The fourth-order valence-electron chi connectivity index (χ4n) is 5.77. The van der Waals surface area contributed by atoms with E-state index in [1.165, 1.54) is 5.57 Å². The van der Waals surface area contributed by atoms with E-state index in [9.17, 15) is 14.4 Å². The number of anilines is 2. The molecule has 1 atom stereocenters. The molecule has 1 aromatic heterocycles. The normalized spacial score (nSPS) is 19.6. The van der Waals surface area contributed by atoms with E-state index in [0.29, 0.717) is 24.5 Å². The number of carbonyl (C=O) groups is 3. The summed E-state index contributed by atoms with van der Waals surface area (Å²) in [6, 6.07) is 15.7. The molecule has 3 aliphatic rings. The minimum Gasteiger partial charge on any atom is -0.423 e. The van der Waals surface area contributed by atoms with Crippen LogP contribution in [-0.2, 0) is 9.59 Å². The summed E-state index contributed by atoms with van der Waals surface area (Å²) in [7, 11) is 0. The Bertz CT molecular complexity index is 1680. The Kier molecular flexibility index (Phi) is 4.73. The maximum atomic E-state index is 13.4. The van der Waals surface area contributed by atoms with E-state index in [2.05, 4.69) is 21.3 Å². The quantitative estimate of drug-likeness (QED) is 0.427. The van der Waals surface area contributed by atoms with Gasteiger partial charge in [0.15, 0.2) is 5.58 Å². The SMILES string of the molecule is Cc1ccc2nc(N3CC=C(c4ccc5c6c(cccc46)C(=O)N5C4CCC(=O)NC4=O)CC3)oc2c1. The van der Waals surface area contributed by atoms with Gasteiger partial charge in [0.25, 0.3) is 11.9 Å². The molecule has 3 amide bonds. The van der Waals surface area contributed by atoms with Crippen molar-refractivity contribution in [3.05, 3.63) is 71.3 Å². The summed E-state index contributed by atoms with van der Waals surface area (Å²) in [6.45, 7) is 3.47. The highest BCUT2D eigenvalue weighted by atomic mass is 16.4. The van der Waals surface area contributed by atoms with Gasteiger partial charge in [-0.1, -0.05) is 30.3 Å². The predicted octanol–water partition coefficient (Wildman–Crippen LogP) is 4.35. The Morgan fingerprint density at radius 1 is 1.03 bits per heavy atom. The lowest BCUT2D eigenvalue weighted by atomic mass is 9.92. The molecule has 1 fully saturated rings. The zero-order valence-corrected chi connectivity index (χ0v) is 20.3. The third kappa shape index (κ3) is 3.36. The molecule has 3 aliphatic heterocycles. The van der Waals surface area contributed by atoms with Crippen LogP contribution in [0.3, 0.4) is 0 Å². The van der Waals surface area contributed by atoms with Gasteiger partial charge >= 0.3 is 0 Å². The molecule has 0 aliphatic carbocycles. The molecule has 1 N–H and O–H groups in total. The Morgan fingerprint density at radius 3 is 2.73 bits per heavy atom. The molecule has 3 aromatic carbocycles. The molecule has 0 bridgehead atoms. The van der Waals surface area contributed by atoms with Crippen molar-refractivity contribution < 1.29 is 18.8 Å². The van der Waals surface area contributed by atoms with E-state index in [1.807, 2.05) is 55.5 Å². The van der Waals surface area contributed by atoms with E-state index in [0.717, 1.165) is 51.7 Å². The summed E-state index contributed by atoms with van der Waals surface area (Å²) >= 11 is 0. The minimum atomic E-state index is -0.686. The number of hydrogen-bond acceptors (Lipinski definition) is 6. The van der Waals surface area contributed by atoms with Gasteiger partial charge in [-0.05, 0) is 66.1 Å². The van der Waals surface area contributed by atoms with Crippen LogP contribution in [0.15, 0.2) is 59.0 Å². The summed E-state index contributed by atoms with van der Waals surface area (Å²) in [5.74, 6) is -0.904. The molecule has 4 heterocycles. The third-order valence-corrected chi connectivity index (χ3v) is 7.61. The Morgan fingerprint density at radius 2 is 1.92 bits per heavy atom. The van der Waals surface area contributed by atoms with Gasteiger partial charge < -0.3 is 9.32 Å². The van der Waals surface area contributed by atoms with E-state index in [-0.39, 0.29) is 18.2 Å². The molecule has 37 heavy (non-hydrogen) atoms. The molecule has 8 heteroatoms. The van der Waals surface area contributed by atoms with Crippen molar-refractivity contribution in [2.24, 2.45) is 0 Å². The van der Waals surface area contributed by atoms with Crippen LogP contribution in [0.2, 0.25) is 0 Å². The van der Waals surface area contributed by atoms with Gasteiger partial charge in [-0.2, -0.15) is 4.98 Å². The van der Waals surface area contributed by atoms with Crippen LogP contribution < -0.4 is 15.1 Å². The molecular formula is C29H24N4O4. The van der Waals surface area contributed by atoms with Crippen molar-refractivity contribution in [1.82, 2.24) is 10.3 Å². The number of aryl methyl sites for hydroxylation is 1. The zero-order chi connectivity index (χ0) is 25.3. The van der Waals surface area contributed by atoms with Crippen molar-refractivity contribution in [2.45, 2.75) is 32.2 Å². The number of amides is 3. The highest BCUT2D eigenvalue weighted by Crippen LogP contribution is 2.43. The number of oxazole rings is 1. The molecular weight excluding hydrogens is 468 g/mol. The fraction of sp³-hybridized carbons (Fsp3) is 0.241. The van der Waals surface area contributed by atoms with Crippen LogP contribution in [0.5, 0.6) is 0 Å². The summed E-state index contributed by atoms with van der Waals surface area (Å²) in [5, 5.41) is 4.24. The number of fused-ring (bicyclic) bond motifs is 1. The van der Waals surface area contributed by atoms with Crippen molar-refractivity contribution in [3.8, 4) is 0 Å². The second kappa shape index (κ2) is 8.03. The lowest BCUT2D eigenvalue weighted by molar-refractivity contribution is -0.134. The average Bonchev–Trinajstić information content (AvgIpc) is 3.44. The number of rotatable bonds is 3. The largest absolute Gasteiger partial charge is 0.423 e. The standard InChI is InChI=1S/C29H24N4O4/c1-16-5-7-21-24(15-16)37-29(30-21)32-13-11-17(12-14-32)18-6-8-22-26-19(18)3-2-4-20(26)28(36)33(22)23-9-10-25(34)31-27(23)35/h2-8,11,15,23H,9-10,12-14H2,1H3,(H,31,34,35). The van der Waals surface area contributed by atoms with E-state index in [4.69, 9.17) is 4.42 Å². The zero-order valence-electron chi connectivity index (χ0n) is 20.3. The lowest BCUT2D eigenvalue weighted by Gasteiger charge is -2.30. The number of carbonyl (C=O) groups excluding carboxylic acids is 3. The van der Waals surface area contributed by atoms with Gasteiger partial charge in [0.2, 0.25) is 11.8 Å². The summed E-state index contributed by atoms with van der Waals surface area (Å²) in [4.78, 5) is 46.0. The number of hydrogen-bond donors (Lipinski definition) is 1. The van der Waals surface area contributed by atoms with Crippen molar-refractivity contribution in [3.63, 3.8) is 0 Å². The molecule has 1 unspecified atom stereocenters. The number of nitrogens with zero attached hydrogens (tertiary/aromatic N) is 3. The number of aromatic nitrogens is 1. The van der Waals surface area contributed by atoms with E-state index in [1.54, 1.807) is 4.90 Å². The first kappa shape index (κ1) is 21.8. The van der Waals surface area contributed by atoms with E-state index >= 15 is 0 Å². The van der Waals surface area contributed by atoms with Gasteiger partial charge in [0, 0.05) is 30.5 Å². The molecule has 7 rings (SSSR count). The number of imide groups is 1. The van der Waals surface area contributed by atoms with Crippen LogP contribution in [0.1, 0.15) is 40.7 Å². The van der Waals surface area contributed by atoms with Crippen LogP contribution in [-0.4, -0.2) is 41.8 Å². The van der Waals surface area contributed by atoms with Gasteiger partial charge in [-0.25, -0.2) is 0 Å². The highest BCUT2D eigenvalue weighted by Gasteiger charge is 2.41. The molecule has 1 saturated heterocycles. The number of benzene rings is 3. The Balaban J connectivity index is 1.22. The minimum absolute atomic E-state index is 0.192. The molecule has 0 saturated carbocycles. The summed E-state index contributed by atoms with van der Waals surface area (Å²) in [6.07, 6.45) is 3.55. The predicted molar refractivity (Wildman–Crippen MR) is 140 cm³/mol. The smallest absolute Gasteiger partial charge is 0.298 e. The fourth-order valence-corrected chi connectivity index (χ4v) is 5.77. The molecule has 0 radical (unpaired) electrons. The second-order valence-corrected chi connectivity index (χ2v) is 9.90. The van der Waals surface area contributed by atoms with Gasteiger partial charge in [0.05, 0.1) is 5.69 Å². The monoisotopic (exact) mass is 492 g/mol. The second-order valence-electron chi connectivity index (χ2n) is 9.90. The van der Waals surface area contributed by atoms with Crippen LogP contribution in [0, 0.1) is 6.92 Å². The first-order valence-corrected chi connectivity index (χ1v) is 12.5. The van der Waals surface area contributed by atoms with E-state index < -0.39 is 11.9 Å². The van der Waals surface area contributed by atoms with Crippen molar-refractivity contribution in [2.75, 3.05) is 22.9 Å². The summed E-state index contributed by atoms with van der Waals surface area (Å²) < 4.78 is 6.02. The molecule has 0 spiro atoms. The van der Waals surface area contributed by atoms with Crippen LogP contribution in [0.25, 0.3) is 27.4 Å². The molecule has 4 aromatic rings. The van der Waals surface area contributed by atoms with Crippen LogP contribution in [0.4, 0.5) is 11.7 Å². The Hall–Kier alpha value is -4.46. The Labute approximate surface area is 212 Å². The van der Waals surface area contributed by atoms with Crippen LogP contribution >= 0.6 is 0 Å². The van der Waals surface area contributed by atoms with Gasteiger partial charge in [0.1, 0.15) is 11.6 Å². The topological polar surface area (TPSA) is 95.8 Å². The summed E-state index contributed by atoms with van der Waals surface area (Å²) in [5.41, 5.74) is 6.41. The molecule has 8 nitrogen and oxygen atoms in total. The van der Waals surface area contributed by atoms with Crippen molar-refractivity contribution >= 4 is 56.9 Å². The molecule has 184 valence electrons. The first-order chi connectivity index (χ1) is 18.0. The van der Waals surface area contributed by atoms with Crippen molar-refractivity contribution in [1.29, 1.82) is 0 Å². The maximum Gasteiger partial charge on any atom is 0.298 e.